The van der Waals surface area contributed by atoms with Crippen molar-refractivity contribution in [3.63, 3.8) is 0 Å². The van der Waals surface area contributed by atoms with Gasteiger partial charge in [0.05, 0.1) is 35.0 Å². The number of carbonyl (C=O) groups excluding carboxylic acids is 2. The lowest BCUT2D eigenvalue weighted by atomic mass is 9.96. The number of nitrogens with zero attached hydrogens (tertiary/aromatic N) is 6. The van der Waals surface area contributed by atoms with Gasteiger partial charge in [-0.25, -0.2) is 14.2 Å². The number of anilines is 1. The van der Waals surface area contributed by atoms with Crippen LogP contribution in [0, 0.1) is 28.5 Å². The highest BCUT2D eigenvalue weighted by Crippen LogP contribution is 2.46. The predicted molar refractivity (Wildman–Crippen MR) is 146 cm³/mol. The van der Waals surface area contributed by atoms with Crippen LogP contribution < -0.4 is 10.5 Å². The number of hydrogen-bond acceptors (Lipinski definition) is 8. The van der Waals surface area contributed by atoms with E-state index in [0.29, 0.717) is 27.1 Å². The Morgan fingerprint density at radius 2 is 2.08 bits per heavy atom. The summed E-state index contributed by atoms with van der Waals surface area (Å²) in [5, 5.41) is 19.4. The summed E-state index contributed by atoms with van der Waals surface area (Å²) in [6, 6.07) is 9.54. The molecule has 0 radical (unpaired) electrons. The van der Waals surface area contributed by atoms with Crippen LogP contribution >= 0.6 is 22.9 Å². The monoisotopic (exact) mass is 575 g/mol. The molecule has 40 heavy (non-hydrogen) atoms. The van der Waals surface area contributed by atoms with Crippen molar-refractivity contribution in [3.05, 3.63) is 64.5 Å². The number of ether oxygens (including phenoxy) is 1. The second kappa shape index (κ2) is 9.83. The van der Waals surface area contributed by atoms with Gasteiger partial charge in [0, 0.05) is 41.7 Å². The molecule has 13 heteroatoms. The summed E-state index contributed by atoms with van der Waals surface area (Å²) < 4.78 is 23.7. The van der Waals surface area contributed by atoms with E-state index in [1.165, 1.54) is 28.4 Å². The molecule has 1 fully saturated rings. The molecule has 0 bridgehead atoms. The van der Waals surface area contributed by atoms with Crippen LogP contribution in [0.5, 0.6) is 5.75 Å². The van der Waals surface area contributed by atoms with Crippen molar-refractivity contribution in [2.75, 3.05) is 32.0 Å². The minimum Gasteiger partial charge on any atom is -0.491 e. The summed E-state index contributed by atoms with van der Waals surface area (Å²) in [5.74, 6) is -1.12. The van der Waals surface area contributed by atoms with E-state index < -0.39 is 11.7 Å². The standard InChI is InChI=1S/C27H19ClFN7O3S/c28-23-22(16-2-1-3-20-21(16)18(10-31)25(32)40-20)19(29)8-17-24(23)39-7-4-15-12-34(5-6-36(15)26(17)37)27(38)35-11-14(9-30)33-13-35/h1-3,8,11,13,15H,4-7,12,32H2. The van der Waals surface area contributed by atoms with Crippen molar-refractivity contribution in [2.45, 2.75) is 12.5 Å². The van der Waals surface area contributed by atoms with E-state index in [1.807, 2.05) is 6.07 Å². The third kappa shape index (κ3) is 4.01. The summed E-state index contributed by atoms with van der Waals surface area (Å²) in [7, 11) is 0. The van der Waals surface area contributed by atoms with Crippen LogP contribution in [0.2, 0.25) is 5.02 Å². The minimum absolute atomic E-state index is 0.0125. The maximum atomic E-state index is 15.8. The fraction of sp³-hybridized carbons (Fsp3) is 0.222. The zero-order valence-electron chi connectivity index (χ0n) is 20.7. The highest BCUT2D eigenvalue weighted by atomic mass is 35.5. The number of carbonyl (C=O) groups is 2. The van der Waals surface area contributed by atoms with Crippen molar-refractivity contribution in [1.82, 2.24) is 19.4 Å². The number of halogens is 2. The molecule has 0 saturated carbocycles. The SMILES string of the molecule is N#Cc1cn(C(=O)N2CCN3C(=O)c4cc(F)c(-c5cccc6sc(N)c(C#N)c56)c(Cl)c4OCCC3C2)cn1. The second-order valence-electron chi connectivity index (χ2n) is 9.35. The Kier molecular flexibility index (Phi) is 6.29. The number of nitrogens with two attached hydrogens (primary N) is 1. The fourth-order valence-corrected chi connectivity index (χ4v) is 6.57. The van der Waals surface area contributed by atoms with Crippen molar-refractivity contribution in [3.8, 4) is 29.0 Å². The van der Waals surface area contributed by atoms with Gasteiger partial charge >= 0.3 is 6.03 Å². The number of rotatable bonds is 1. The number of benzene rings is 2. The quantitative estimate of drug-likeness (QED) is 0.353. The van der Waals surface area contributed by atoms with Gasteiger partial charge in [-0.15, -0.1) is 11.3 Å². The maximum absolute atomic E-state index is 15.8. The fourth-order valence-electron chi connectivity index (χ4n) is 5.28. The molecule has 4 heterocycles. The van der Waals surface area contributed by atoms with Crippen molar-refractivity contribution in [1.29, 1.82) is 10.5 Å². The predicted octanol–water partition coefficient (Wildman–Crippen LogP) is 4.46. The van der Waals surface area contributed by atoms with Crippen LogP contribution in [0.3, 0.4) is 0 Å². The lowest BCUT2D eigenvalue weighted by Crippen LogP contribution is -2.58. The molecule has 6 rings (SSSR count). The number of hydrogen-bond donors (Lipinski definition) is 1. The number of thiophene rings is 1. The number of nitrogen functional groups attached to an aromatic ring is 1. The number of fused-ring (bicyclic) bond motifs is 3. The zero-order valence-corrected chi connectivity index (χ0v) is 22.3. The number of piperazine rings is 1. The van der Waals surface area contributed by atoms with E-state index >= 15 is 4.39 Å². The van der Waals surface area contributed by atoms with Crippen LogP contribution in [-0.2, 0) is 0 Å². The Balaban J connectivity index is 1.35. The van der Waals surface area contributed by atoms with Crippen molar-refractivity contribution < 1.29 is 18.7 Å². The number of nitriles is 2. The van der Waals surface area contributed by atoms with Gasteiger partial charge in [-0.05, 0) is 17.7 Å². The van der Waals surface area contributed by atoms with Gasteiger partial charge in [0.1, 0.15) is 29.3 Å². The van der Waals surface area contributed by atoms with Crippen LogP contribution in [0.25, 0.3) is 21.2 Å². The lowest BCUT2D eigenvalue weighted by molar-refractivity contribution is 0.0433. The van der Waals surface area contributed by atoms with Gasteiger partial charge in [-0.3, -0.25) is 9.36 Å². The number of amides is 2. The van der Waals surface area contributed by atoms with Crippen LogP contribution in [0.4, 0.5) is 14.2 Å². The smallest absolute Gasteiger partial charge is 0.329 e. The van der Waals surface area contributed by atoms with E-state index in [-0.39, 0.29) is 71.5 Å². The first-order valence-electron chi connectivity index (χ1n) is 12.2. The Morgan fingerprint density at radius 3 is 2.83 bits per heavy atom. The molecular weight excluding hydrogens is 557 g/mol. The number of imidazole rings is 1. The molecule has 4 aromatic rings. The molecule has 1 unspecified atom stereocenters. The third-order valence-electron chi connectivity index (χ3n) is 7.16. The summed E-state index contributed by atoms with van der Waals surface area (Å²) in [6.45, 7) is 0.853. The summed E-state index contributed by atoms with van der Waals surface area (Å²) in [5.41, 5.74) is 6.80. The van der Waals surface area contributed by atoms with Gasteiger partial charge in [0.2, 0.25) is 0 Å². The largest absolute Gasteiger partial charge is 0.491 e. The van der Waals surface area contributed by atoms with Crippen LogP contribution in [-0.4, -0.2) is 63.6 Å². The molecule has 1 atom stereocenters. The van der Waals surface area contributed by atoms with E-state index in [9.17, 15) is 14.9 Å². The molecule has 2 aliphatic heterocycles. The normalized spacial score (nSPS) is 16.8. The molecule has 2 aliphatic rings. The van der Waals surface area contributed by atoms with Gasteiger partial charge in [-0.2, -0.15) is 10.5 Å². The molecule has 10 nitrogen and oxygen atoms in total. The summed E-state index contributed by atoms with van der Waals surface area (Å²) in [6.07, 6.45) is 3.04. The molecule has 1 saturated heterocycles. The van der Waals surface area contributed by atoms with Gasteiger partial charge < -0.3 is 20.3 Å². The number of aromatic nitrogens is 2. The lowest BCUT2D eigenvalue weighted by Gasteiger charge is -2.42. The molecule has 2 aromatic heterocycles. The topological polar surface area (TPSA) is 141 Å². The highest BCUT2D eigenvalue weighted by molar-refractivity contribution is 7.23. The molecule has 0 aliphatic carbocycles. The minimum atomic E-state index is -0.735. The van der Waals surface area contributed by atoms with Crippen molar-refractivity contribution >= 4 is 50.0 Å². The highest BCUT2D eigenvalue weighted by Gasteiger charge is 2.37. The Morgan fingerprint density at radius 1 is 1.25 bits per heavy atom. The summed E-state index contributed by atoms with van der Waals surface area (Å²) >= 11 is 7.98. The maximum Gasteiger partial charge on any atom is 0.329 e. The van der Waals surface area contributed by atoms with Crippen LogP contribution in [0.15, 0.2) is 36.8 Å². The Hall–Kier alpha value is -4.65. The summed E-state index contributed by atoms with van der Waals surface area (Å²) in [4.78, 5) is 33.7. The third-order valence-corrected chi connectivity index (χ3v) is 8.50. The van der Waals surface area contributed by atoms with E-state index in [2.05, 4.69) is 11.1 Å². The Bertz CT molecular complexity index is 1800. The first kappa shape index (κ1) is 25.6. The average molecular weight is 576 g/mol. The first-order chi connectivity index (χ1) is 19.3. The van der Waals surface area contributed by atoms with Crippen molar-refractivity contribution in [2.24, 2.45) is 0 Å². The molecule has 0 spiro atoms. The first-order valence-corrected chi connectivity index (χ1v) is 13.4. The molecule has 200 valence electrons. The second-order valence-corrected chi connectivity index (χ2v) is 10.8. The Labute approximate surface area is 236 Å². The van der Waals surface area contributed by atoms with E-state index in [4.69, 9.17) is 27.3 Å². The molecule has 2 aromatic carbocycles. The van der Waals surface area contributed by atoms with Crippen LogP contribution in [0.1, 0.15) is 28.0 Å². The van der Waals surface area contributed by atoms with E-state index in [0.717, 1.165) is 6.07 Å². The van der Waals surface area contributed by atoms with E-state index in [1.54, 1.807) is 28.0 Å². The molecular formula is C27H19ClFN7O3S. The van der Waals surface area contributed by atoms with Gasteiger partial charge in [0.25, 0.3) is 5.91 Å². The van der Waals surface area contributed by atoms with Gasteiger partial charge in [-0.1, -0.05) is 23.7 Å². The molecule has 2 amide bonds. The average Bonchev–Trinajstić information content (AvgIpc) is 3.56. The molecule has 2 N–H and O–H groups in total. The zero-order chi connectivity index (χ0) is 28.1. The van der Waals surface area contributed by atoms with Gasteiger partial charge in [0.15, 0.2) is 11.4 Å².